The molecule has 82 valence electrons. The molecule has 3 nitrogen and oxygen atoms in total. The molecule has 2 N–H and O–H groups in total. The Morgan fingerprint density at radius 2 is 2.00 bits per heavy atom. The van der Waals surface area contributed by atoms with Crippen molar-refractivity contribution in [1.82, 2.24) is 0 Å². The summed E-state index contributed by atoms with van der Waals surface area (Å²) in [5.74, 6) is -3.86. The lowest BCUT2D eigenvalue weighted by atomic mass is 10.0. The maximum Gasteiger partial charge on any atom is 0.337 e. The van der Waals surface area contributed by atoms with E-state index in [0.29, 0.717) is 0 Å². The van der Waals surface area contributed by atoms with Crippen molar-refractivity contribution < 1.29 is 23.8 Å². The van der Waals surface area contributed by atoms with Gasteiger partial charge in [-0.15, -0.1) is 0 Å². The average Bonchev–Trinajstić information content (AvgIpc) is 2.15. The predicted octanol–water partition coefficient (Wildman–Crippen LogP) is 2.15. The number of carbonyl (C=O) groups is 1. The van der Waals surface area contributed by atoms with Gasteiger partial charge in [0.1, 0.15) is 11.6 Å². The van der Waals surface area contributed by atoms with E-state index >= 15 is 0 Å². The Morgan fingerprint density at radius 3 is 2.47 bits per heavy atom. The first-order valence-electron chi connectivity index (χ1n) is 3.91. The van der Waals surface area contributed by atoms with E-state index in [1.54, 1.807) is 0 Å². The van der Waals surface area contributed by atoms with Gasteiger partial charge in [0, 0.05) is 0 Å². The summed E-state index contributed by atoms with van der Waals surface area (Å²) >= 11 is 2.80. The highest BCUT2D eigenvalue weighted by atomic mass is 79.9. The van der Waals surface area contributed by atoms with E-state index in [9.17, 15) is 13.6 Å². The molecule has 0 fully saturated rings. The van der Waals surface area contributed by atoms with Crippen molar-refractivity contribution in [2.45, 2.75) is 13.0 Å². The second-order valence-corrected chi connectivity index (χ2v) is 3.81. The maximum atomic E-state index is 13.4. The maximum absolute atomic E-state index is 13.4. The lowest BCUT2D eigenvalue weighted by Crippen LogP contribution is -2.15. The first-order valence-corrected chi connectivity index (χ1v) is 4.70. The number of hydrogen-bond donors (Lipinski definition) is 2. The van der Waals surface area contributed by atoms with Gasteiger partial charge < -0.3 is 10.2 Å². The van der Waals surface area contributed by atoms with Crippen molar-refractivity contribution in [3.8, 4) is 0 Å². The van der Waals surface area contributed by atoms with Crippen LogP contribution in [0.1, 0.15) is 17.2 Å². The van der Waals surface area contributed by atoms with E-state index in [-0.39, 0.29) is 10.0 Å². The Kier molecular flexibility index (Phi) is 3.41. The van der Waals surface area contributed by atoms with Crippen molar-refractivity contribution in [1.29, 1.82) is 0 Å². The summed E-state index contributed by atoms with van der Waals surface area (Å²) in [6, 6.07) is 1.17. The van der Waals surface area contributed by atoms with Crippen molar-refractivity contribution in [3.05, 3.63) is 33.3 Å². The van der Waals surface area contributed by atoms with Crippen LogP contribution < -0.4 is 0 Å². The highest BCUT2D eigenvalue weighted by Gasteiger charge is 2.26. The van der Waals surface area contributed by atoms with Crippen LogP contribution in [0.2, 0.25) is 0 Å². The molecule has 1 unspecified atom stereocenters. The third-order valence-corrected chi connectivity index (χ3v) is 2.46. The second kappa shape index (κ2) is 4.24. The Bertz CT molecular complexity index is 394. The van der Waals surface area contributed by atoms with E-state index in [1.165, 1.54) is 13.0 Å². The van der Waals surface area contributed by atoms with E-state index in [1.807, 2.05) is 0 Å². The molecule has 0 amide bonds. The number of halogens is 3. The largest absolute Gasteiger partial charge is 0.479 e. The first-order chi connectivity index (χ1) is 6.86. The van der Waals surface area contributed by atoms with E-state index in [0.717, 1.165) is 0 Å². The molecule has 1 aromatic carbocycles. The van der Waals surface area contributed by atoms with Gasteiger partial charge in [-0.1, -0.05) is 0 Å². The Morgan fingerprint density at radius 1 is 1.47 bits per heavy atom. The quantitative estimate of drug-likeness (QED) is 0.817. The molecule has 0 saturated heterocycles. The minimum Gasteiger partial charge on any atom is -0.479 e. The number of benzene rings is 1. The molecular weight excluding hydrogens is 274 g/mol. The van der Waals surface area contributed by atoms with Crippen LogP contribution in [0, 0.1) is 18.6 Å². The van der Waals surface area contributed by atoms with Crippen LogP contribution in [-0.2, 0) is 4.79 Å². The van der Waals surface area contributed by atoms with Crippen LogP contribution in [0.4, 0.5) is 8.78 Å². The summed E-state index contributed by atoms with van der Waals surface area (Å²) in [6.07, 6.45) is -2.21. The molecular formula is C9H7BrF2O3. The second-order valence-electron chi connectivity index (χ2n) is 2.96. The molecule has 0 aromatic heterocycles. The molecule has 0 spiro atoms. The number of aliphatic carboxylic acids is 1. The molecule has 1 rings (SSSR count). The Hall–Kier alpha value is -1.01. The number of aryl methyl sites for hydroxylation is 1. The number of rotatable bonds is 2. The van der Waals surface area contributed by atoms with Gasteiger partial charge in [-0.2, -0.15) is 0 Å². The lowest BCUT2D eigenvalue weighted by molar-refractivity contribution is -0.147. The zero-order valence-electron chi connectivity index (χ0n) is 7.59. The Labute approximate surface area is 92.5 Å². The fraction of sp³-hybridized carbons (Fsp3) is 0.222. The van der Waals surface area contributed by atoms with Gasteiger partial charge in [0.05, 0.1) is 10.0 Å². The highest BCUT2D eigenvalue weighted by Crippen LogP contribution is 2.29. The molecule has 6 heteroatoms. The van der Waals surface area contributed by atoms with Crippen molar-refractivity contribution >= 4 is 21.9 Å². The lowest BCUT2D eigenvalue weighted by Gasteiger charge is -2.11. The minimum absolute atomic E-state index is 0.0542. The smallest absolute Gasteiger partial charge is 0.337 e. The fourth-order valence-corrected chi connectivity index (χ4v) is 1.67. The van der Waals surface area contributed by atoms with E-state index in [2.05, 4.69) is 15.9 Å². The summed E-state index contributed by atoms with van der Waals surface area (Å²) in [4.78, 5) is 10.4. The molecule has 15 heavy (non-hydrogen) atoms. The normalized spacial score (nSPS) is 12.6. The first kappa shape index (κ1) is 12.1. The molecule has 1 atom stereocenters. The third kappa shape index (κ3) is 2.15. The van der Waals surface area contributed by atoms with Crippen LogP contribution >= 0.6 is 15.9 Å². The van der Waals surface area contributed by atoms with Crippen LogP contribution in [0.3, 0.4) is 0 Å². The average molecular weight is 281 g/mol. The third-order valence-electron chi connectivity index (χ3n) is 1.88. The van der Waals surface area contributed by atoms with Gasteiger partial charge in [0.15, 0.2) is 6.10 Å². The van der Waals surface area contributed by atoms with Crippen molar-refractivity contribution in [2.24, 2.45) is 0 Å². The monoisotopic (exact) mass is 280 g/mol. The SMILES string of the molecule is Cc1cc(Br)c(F)c(C(O)C(=O)O)c1F. The molecule has 0 aliphatic carbocycles. The van der Waals surface area contributed by atoms with Crippen LogP contribution in [0.5, 0.6) is 0 Å². The van der Waals surface area contributed by atoms with Gasteiger partial charge in [0.2, 0.25) is 0 Å². The van der Waals surface area contributed by atoms with Crippen LogP contribution in [-0.4, -0.2) is 16.2 Å². The van der Waals surface area contributed by atoms with E-state index in [4.69, 9.17) is 10.2 Å². The molecule has 0 heterocycles. The molecule has 0 aliphatic heterocycles. The van der Waals surface area contributed by atoms with Crippen LogP contribution in [0.25, 0.3) is 0 Å². The topological polar surface area (TPSA) is 57.5 Å². The van der Waals surface area contributed by atoms with Gasteiger partial charge in [-0.05, 0) is 34.5 Å². The predicted molar refractivity (Wildman–Crippen MR) is 51.4 cm³/mol. The van der Waals surface area contributed by atoms with Crippen molar-refractivity contribution in [3.63, 3.8) is 0 Å². The van der Waals surface area contributed by atoms with Crippen LogP contribution in [0.15, 0.2) is 10.5 Å². The molecule has 0 saturated carbocycles. The van der Waals surface area contributed by atoms with E-state index < -0.39 is 29.3 Å². The number of aliphatic hydroxyl groups is 1. The fourth-order valence-electron chi connectivity index (χ4n) is 1.12. The molecule has 0 radical (unpaired) electrons. The summed E-state index contributed by atoms with van der Waals surface area (Å²) in [5, 5.41) is 17.6. The molecule has 0 aliphatic rings. The number of carboxylic acid groups (broad SMARTS) is 1. The van der Waals surface area contributed by atoms with Gasteiger partial charge in [-0.3, -0.25) is 0 Å². The minimum atomic E-state index is -2.21. The molecule has 0 bridgehead atoms. The van der Waals surface area contributed by atoms with Crippen molar-refractivity contribution in [2.75, 3.05) is 0 Å². The molecule has 1 aromatic rings. The summed E-state index contributed by atoms with van der Waals surface area (Å²) in [5.41, 5.74) is -0.798. The Balaban J connectivity index is 3.45. The standard InChI is InChI=1S/C9H7BrF2O3/c1-3-2-4(10)7(12)5(6(3)11)8(13)9(14)15/h2,8,13H,1H3,(H,14,15). The zero-order valence-corrected chi connectivity index (χ0v) is 9.18. The summed E-state index contributed by atoms with van der Waals surface area (Å²) in [7, 11) is 0. The number of aliphatic hydroxyl groups excluding tert-OH is 1. The van der Waals surface area contributed by atoms with Gasteiger partial charge in [0.25, 0.3) is 0 Å². The van der Waals surface area contributed by atoms with Gasteiger partial charge >= 0.3 is 5.97 Å². The summed E-state index contributed by atoms with van der Waals surface area (Å²) < 4.78 is 26.6. The number of carboxylic acids is 1. The highest BCUT2D eigenvalue weighted by molar-refractivity contribution is 9.10. The number of hydrogen-bond acceptors (Lipinski definition) is 2. The zero-order chi connectivity index (χ0) is 11.7. The van der Waals surface area contributed by atoms with Gasteiger partial charge in [-0.25, -0.2) is 13.6 Å². The summed E-state index contributed by atoms with van der Waals surface area (Å²) in [6.45, 7) is 1.34.